The summed E-state index contributed by atoms with van der Waals surface area (Å²) in [5, 5.41) is 0. The van der Waals surface area contributed by atoms with Crippen molar-refractivity contribution < 1.29 is 17.9 Å². The molecule has 7 heteroatoms. The zero-order valence-electron chi connectivity index (χ0n) is 11.6. The van der Waals surface area contributed by atoms with Gasteiger partial charge in [-0.3, -0.25) is 0 Å². The van der Waals surface area contributed by atoms with Crippen LogP contribution in [-0.2, 0) is 14.8 Å². The van der Waals surface area contributed by atoms with Crippen LogP contribution in [-0.4, -0.2) is 38.4 Å². The first-order valence-electron chi connectivity index (χ1n) is 6.16. The number of ether oxygens (including phenoxy) is 1. The summed E-state index contributed by atoms with van der Waals surface area (Å²) in [5.74, 6) is -0.475. The second-order valence-electron chi connectivity index (χ2n) is 3.84. The Hall–Kier alpha value is -0.920. The van der Waals surface area contributed by atoms with Crippen molar-refractivity contribution in [1.82, 2.24) is 4.31 Å². The van der Waals surface area contributed by atoms with Crippen LogP contribution in [0, 0.1) is 6.92 Å². The lowest BCUT2D eigenvalue weighted by Gasteiger charge is -2.17. The van der Waals surface area contributed by atoms with Crippen LogP contribution in [0.3, 0.4) is 0 Å². The van der Waals surface area contributed by atoms with Crippen molar-refractivity contribution in [3.05, 3.63) is 15.8 Å². The van der Waals surface area contributed by atoms with Gasteiger partial charge in [-0.25, -0.2) is 13.2 Å². The predicted octanol–water partition coefficient (Wildman–Crippen LogP) is 2.26. The maximum absolute atomic E-state index is 12.4. The Bertz CT molecular complexity index is 544. The second kappa shape index (κ2) is 6.49. The lowest BCUT2D eigenvalue weighted by molar-refractivity contribution is 0.0532. The SMILES string of the molecule is CCOC(=O)c1cc(S(=O)(=O)N(CC)CC)c(C)s1. The lowest BCUT2D eigenvalue weighted by atomic mass is 10.4. The number of aryl methyl sites for hydroxylation is 1. The molecule has 0 unspecified atom stereocenters. The van der Waals surface area contributed by atoms with Crippen LogP contribution in [0.1, 0.15) is 35.3 Å². The maximum Gasteiger partial charge on any atom is 0.348 e. The smallest absolute Gasteiger partial charge is 0.348 e. The van der Waals surface area contributed by atoms with Crippen LogP contribution in [0.5, 0.6) is 0 Å². The van der Waals surface area contributed by atoms with Gasteiger partial charge in [0.05, 0.1) is 11.5 Å². The summed E-state index contributed by atoms with van der Waals surface area (Å²) < 4.78 is 31.0. The molecule has 1 aromatic rings. The third-order valence-electron chi connectivity index (χ3n) is 2.67. The Morgan fingerprint density at radius 1 is 1.32 bits per heavy atom. The first kappa shape index (κ1) is 16.1. The molecule has 0 aliphatic heterocycles. The first-order valence-corrected chi connectivity index (χ1v) is 8.41. The summed E-state index contributed by atoms with van der Waals surface area (Å²) >= 11 is 1.15. The highest BCUT2D eigenvalue weighted by Crippen LogP contribution is 2.28. The predicted molar refractivity (Wildman–Crippen MR) is 75.1 cm³/mol. The molecule has 0 aliphatic rings. The molecule has 1 aromatic heterocycles. The third-order valence-corrected chi connectivity index (χ3v) is 6.01. The molecule has 5 nitrogen and oxygen atoms in total. The van der Waals surface area contributed by atoms with Crippen molar-refractivity contribution in [2.45, 2.75) is 32.6 Å². The number of hydrogen-bond donors (Lipinski definition) is 0. The Morgan fingerprint density at radius 3 is 2.37 bits per heavy atom. The van der Waals surface area contributed by atoms with Gasteiger partial charge in [-0.1, -0.05) is 13.8 Å². The summed E-state index contributed by atoms with van der Waals surface area (Å²) in [5.41, 5.74) is 0. The molecule has 0 bridgehead atoms. The molecule has 1 rings (SSSR count). The van der Waals surface area contributed by atoms with E-state index in [1.54, 1.807) is 27.7 Å². The minimum Gasteiger partial charge on any atom is -0.462 e. The average Bonchev–Trinajstić information content (AvgIpc) is 2.73. The number of sulfonamides is 1. The largest absolute Gasteiger partial charge is 0.462 e. The van der Waals surface area contributed by atoms with E-state index in [0.29, 0.717) is 22.8 Å². The van der Waals surface area contributed by atoms with E-state index in [0.717, 1.165) is 11.3 Å². The van der Waals surface area contributed by atoms with Gasteiger partial charge in [0.1, 0.15) is 4.88 Å². The molecule has 0 saturated heterocycles. The van der Waals surface area contributed by atoms with Crippen molar-refractivity contribution in [1.29, 1.82) is 0 Å². The van der Waals surface area contributed by atoms with E-state index in [1.807, 2.05) is 0 Å². The van der Waals surface area contributed by atoms with Crippen LogP contribution >= 0.6 is 11.3 Å². The van der Waals surface area contributed by atoms with Gasteiger partial charge < -0.3 is 4.74 Å². The molecule has 0 aliphatic carbocycles. The molecular formula is C12H19NO4S2. The molecule has 0 aromatic carbocycles. The minimum absolute atomic E-state index is 0.198. The van der Waals surface area contributed by atoms with E-state index in [4.69, 9.17) is 4.74 Å². The summed E-state index contributed by atoms with van der Waals surface area (Å²) in [6, 6.07) is 1.41. The van der Waals surface area contributed by atoms with Crippen LogP contribution in [0.2, 0.25) is 0 Å². The summed E-state index contributed by atoms with van der Waals surface area (Å²) in [7, 11) is -3.52. The minimum atomic E-state index is -3.52. The molecule has 0 saturated carbocycles. The summed E-state index contributed by atoms with van der Waals surface area (Å²) in [6.45, 7) is 8.07. The van der Waals surface area contributed by atoms with E-state index < -0.39 is 16.0 Å². The number of hydrogen-bond acceptors (Lipinski definition) is 5. The highest BCUT2D eigenvalue weighted by atomic mass is 32.2. The van der Waals surface area contributed by atoms with Crippen LogP contribution < -0.4 is 0 Å². The van der Waals surface area contributed by atoms with Crippen LogP contribution in [0.15, 0.2) is 11.0 Å². The monoisotopic (exact) mass is 305 g/mol. The van der Waals surface area contributed by atoms with Crippen LogP contribution in [0.4, 0.5) is 0 Å². The number of thiophene rings is 1. The summed E-state index contributed by atoms with van der Waals surface area (Å²) in [4.78, 5) is 12.8. The summed E-state index contributed by atoms with van der Waals surface area (Å²) in [6.07, 6.45) is 0. The van der Waals surface area contributed by atoms with Crippen molar-refractivity contribution >= 4 is 27.3 Å². The zero-order valence-corrected chi connectivity index (χ0v) is 13.2. The number of esters is 1. The van der Waals surface area contributed by atoms with Gasteiger partial charge in [-0.2, -0.15) is 4.31 Å². The standard InChI is InChI=1S/C12H19NO4S2/c1-5-13(6-2)19(15,16)11-8-10(18-9(11)4)12(14)17-7-3/h8H,5-7H2,1-4H3. The van der Waals surface area contributed by atoms with E-state index in [-0.39, 0.29) is 11.5 Å². The zero-order chi connectivity index (χ0) is 14.6. The van der Waals surface area contributed by atoms with Gasteiger partial charge in [-0.05, 0) is 19.9 Å². The lowest BCUT2D eigenvalue weighted by Crippen LogP contribution is -2.30. The van der Waals surface area contributed by atoms with E-state index >= 15 is 0 Å². The van der Waals surface area contributed by atoms with Crippen molar-refractivity contribution in [3.8, 4) is 0 Å². The Balaban J connectivity index is 3.19. The molecule has 19 heavy (non-hydrogen) atoms. The fourth-order valence-electron chi connectivity index (χ4n) is 1.73. The van der Waals surface area contributed by atoms with Crippen molar-refractivity contribution in [2.75, 3.05) is 19.7 Å². The van der Waals surface area contributed by atoms with Gasteiger partial charge in [0.25, 0.3) is 0 Å². The number of nitrogens with zero attached hydrogens (tertiary/aromatic N) is 1. The highest BCUT2D eigenvalue weighted by molar-refractivity contribution is 7.89. The highest BCUT2D eigenvalue weighted by Gasteiger charge is 2.27. The molecule has 1 heterocycles. The second-order valence-corrected chi connectivity index (χ2v) is 7.00. The maximum atomic E-state index is 12.4. The molecule has 0 N–H and O–H groups in total. The van der Waals surface area contributed by atoms with Gasteiger partial charge in [0, 0.05) is 18.0 Å². The van der Waals surface area contributed by atoms with Gasteiger partial charge in [0.15, 0.2) is 0 Å². The third kappa shape index (κ3) is 3.34. The van der Waals surface area contributed by atoms with Gasteiger partial charge in [0.2, 0.25) is 10.0 Å². The first-order chi connectivity index (χ1) is 8.88. The normalized spacial score (nSPS) is 11.8. The molecule has 0 amide bonds. The molecular weight excluding hydrogens is 286 g/mol. The van der Waals surface area contributed by atoms with Crippen LogP contribution in [0.25, 0.3) is 0 Å². The fourth-order valence-corrected chi connectivity index (χ4v) is 4.64. The molecule has 0 spiro atoms. The van der Waals surface area contributed by atoms with Gasteiger partial charge >= 0.3 is 5.97 Å². The number of rotatable bonds is 6. The van der Waals surface area contributed by atoms with Gasteiger partial charge in [-0.15, -0.1) is 11.3 Å². The molecule has 0 atom stereocenters. The average molecular weight is 305 g/mol. The van der Waals surface area contributed by atoms with Crippen molar-refractivity contribution in [3.63, 3.8) is 0 Å². The van der Waals surface area contributed by atoms with E-state index in [1.165, 1.54) is 10.4 Å². The fraction of sp³-hybridized carbons (Fsp3) is 0.583. The topological polar surface area (TPSA) is 63.7 Å². The molecule has 0 fully saturated rings. The Morgan fingerprint density at radius 2 is 1.89 bits per heavy atom. The number of carbonyl (C=O) groups is 1. The number of carbonyl (C=O) groups excluding carboxylic acids is 1. The molecule has 108 valence electrons. The van der Waals surface area contributed by atoms with Crippen molar-refractivity contribution in [2.24, 2.45) is 0 Å². The molecule has 0 radical (unpaired) electrons. The quantitative estimate of drug-likeness (QED) is 0.756. The Kier molecular flexibility index (Phi) is 5.51. The van der Waals surface area contributed by atoms with E-state index in [2.05, 4.69) is 0 Å². The Labute approximate surface area is 118 Å². The van der Waals surface area contributed by atoms with E-state index in [9.17, 15) is 13.2 Å².